The van der Waals surface area contributed by atoms with E-state index in [4.69, 9.17) is 5.11 Å². The average molecular weight is 434 g/mol. The minimum Gasteiger partial charge on any atom is -0.505 e. The molecule has 8 heteroatoms. The van der Waals surface area contributed by atoms with Gasteiger partial charge in [-0.15, -0.1) is 0 Å². The number of nitrogens with one attached hydrogen (secondary N) is 1. The highest BCUT2D eigenvalue weighted by Gasteiger charge is 2.29. The van der Waals surface area contributed by atoms with Gasteiger partial charge in [-0.3, -0.25) is 15.0 Å². The minimum atomic E-state index is -0.912. The number of carboxylic acid groups (broad SMARTS) is 1. The molecule has 2 aromatic rings. The molecule has 1 aliphatic carbocycles. The van der Waals surface area contributed by atoms with Crippen molar-refractivity contribution in [3.05, 3.63) is 59.2 Å². The highest BCUT2D eigenvalue weighted by molar-refractivity contribution is 6.68. The van der Waals surface area contributed by atoms with Gasteiger partial charge >= 0.3 is 5.97 Å². The third-order valence-electron chi connectivity index (χ3n) is 5.95. The van der Waals surface area contributed by atoms with E-state index >= 15 is 0 Å². The molecule has 2 aliphatic rings. The molecule has 0 fully saturated rings. The van der Waals surface area contributed by atoms with Crippen LogP contribution in [0.5, 0.6) is 5.75 Å². The number of phenols is 1. The molecule has 2 aromatic carbocycles. The van der Waals surface area contributed by atoms with Gasteiger partial charge in [0.25, 0.3) is 5.91 Å². The predicted molar refractivity (Wildman–Crippen MR) is 122 cm³/mol. The van der Waals surface area contributed by atoms with E-state index < -0.39 is 5.97 Å². The number of hydrogen-bond acceptors (Lipinski definition) is 6. The molecule has 0 radical (unpaired) electrons. The van der Waals surface area contributed by atoms with Gasteiger partial charge in [-0.1, -0.05) is 36.4 Å². The zero-order chi connectivity index (χ0) is 22.7. The van der Waals surface area contributed by atoms with Gasteiger partial charge in [0.05, 0.1) is 11.4 Å². The van der Waals surface area contributed by atoms with Crippen molar-refractivity contribution >= 4 is 29.0 Å². The summed E-state index contributed by atoms with van der Waals surface area (Å²) < 4.78 is 0. The SMILES string of the molecule is CC1=NN(CCCC(=O)O)C(=O)/C1=N\Nc1cccc(C2CCc3ccccc3C2)c1O. The zero-order valence-corrected chi connectivity index (χ0v) is 17.9. The van der Waals surface area contributed by atoms with Gasteiger partial charge in [-0.2, -0.15) is 10.2 Å². The molecule has 3 N–H and O–H groups in total. The number of anilines is 1. The number of amides is 1. The molecule has 166 valence electrons. The van der Waals surface area contributed by atoms with Crippen LogP contribution >= 0.6 is 0 Å². The molecule has 1 heterocycles. The number of hydrazone groups is 2. The smallest absolute Gasteiger partial charge is 0.303 e. The summed E-state index contributed by atoms with van der Waals surface area (Å²) in [6.45, 7) is 1.89. The normalized spacial score (nSPS) is 19.1. The second-order valence-corrected chi connectivity index (χ2v) is 8.14. The van der Waals surface area contributed by atoms with Crippen LogP contribution in [-0.4, -0.2) is 45.1 Å². The Bertz CT molecular complexity index is 1110. The fraction of sp³-hybridized carbons (Fsp3) is 0.333. The van der Waals surface area contributed by atoms with Crippen molar-refractivity contribution < 1.29 is 19.8 Å². The van der Waals surface area contributed by atoms with Gasteiger partial charge in [0, 0.05) is 13.0 Å². The number of rotatable bonds is 7. The van der Waals surface area contributed by atoms with E-state index in [1.165, 1.54) is 16.1 Å². The summed E-state index contributed by atoms with van der Waals surface area (Å²) >= 11 is 0. The Balaban J connectivity index is 1.47. The first-order valence-electron chi connectivity index (χ1n) is 10.8. The maximum Gasteiger partial charge on any atom is 0.303 e. The quantitative estimate of drug-likeness (QED) is 0.456. The number of benzene rings is 2. The largest absolute Gasteiger partial charge is 0.505 e. The van der Waals surface area contributed by atoms with Crippen LogP contribution in [0.3, 0.4) is 0 Å². The molecule has 0 spiro atoms. The van der Waals surface area contributed by atoms with E-state index in [9.17, 15) is 14.7 Å². The molecule has 4 rings (SSSR count). The molecule has 32 heavy (non-hydrogen) atoms. The van der Waals surface area contributed by atoms with Crippen molar-refractivity contribution in [1.29, 1.82) is 0 Å². The molecule has 0 saturated carbocycles. The maximum absolute atomic E-state index is 12.6. The van der Waals surface area contributed by atoms with E-state index in [2.05, 4.69) is 33.8 Å². The van der Waals surface area contributed by atoms with Crippen LogP contribution in [0.1, 0.15) is 48.8 Å². The fourth-order valence-corrected chi connectivity index (χ4v) is 4.27. The molecular formula is C24H26N4O4. The monoisotopic (exact) mass is 434 g/mol. The van der Waals surface area contributed by atoms with Gasteiger partial charge in [-0.25, -0.2) is 5.01 Å². The van der Waals surface area contributed by atoms with Crippen LogP contribution < -0.4 is 5.43 Å². The van der Waals surface area contributed by atoms with Crippen molar-refractivity contribution in [3.63, 3.8) is 0 Å². The highest BCUT2D eigenvalue weighted by Crippen LogP contribution is 2.39. The van der Waals surface area contributed by atoms with Crippen LogP contribution in [0.25, 0.3) is 0 Å². The number of aromatic hydroxyl groups is 1. The summed E-state index contributed by atoms with van der Waals surface area (Å²) in [5.74, 6) is -0.954. The van der Waals surface area contributed by atoms with E-state index in [1.807, 2.05) is 18.2 Å². The first kappa shape index (κ1) is 21.5. The van der Waals surface area contributed by atoms with Crippen LogP contribution in [0.15, 0.2) is 52.7 Å². The minimum absolute atomic E-state index is 0.0324. The lowest BCUT2D eigenvalue weighted by molar-refractivity contribution is -0.137. The van der Waals surface area contributed by atoms with Crippen molar-refractivity contribution in [1.82, 2.24) is 5.01 Å². The van der Waals surface area contributed by atoms with Gasteiger partial charge in [0.2, 0.25) is 0 Å². The Morgan fingerprint density at radius 1 is 1.22 bits per heavy atom. The number of carbonyl (C=O) groups is 2. The summed E-state index contributed by atoms with van der Waals surface area (Å²) in [6.07, 6.45) is 3.08. The molecule has 1 atom stereocenters. The third-order valence-corrected chi connectivity index (χ3v) is 5.95. The molecule has 1 amide bonds. The molecule has 0 aromatic heterocycles. The molecule has 0 bridgehead atoms. The predicted octanol–water partition coefficient (Wildman–Crippen LogP) is 3.52. The van der Waals surface area contributed by atoms with Crippen molar-refractivity contribution in [2.24, 2.45) is 10.2 Å². The molecule has 1 unspecified atom stereocenters. The first-order valence-corrected chi connectivity index (χ1v) is 10.8. The van der Waals surface area contributed by atoms with Gasteiger partial charge in [0.1, 0.15) is 5.75 Å². The lowest BCUT2D eigenvalue weighted by Crippen LogP contribution is -2.29. The number of phenolic OH excluding ortho intramolecular Hbond substituents is 1. The summed E-state index contributed by atoms with van der Waals surface area (Å²) in [7, 11) is 0. The first-order chi connectivity index (χ1) is 15.4. The second kappa shape index (κ2) is 9.21. The summed E-state index contributed by atoms with van der Waals surface area (Å²) in [5.41, 5.74) is 7.39. The van der Waals surface area contributed by atoms with Crippen molar-refractivity contribution in [2.75, 3.05) is 12.0 Å². The molecular weight excluding hydrogens is 408 g/mol. The topological polar surface area (TPSA) is 115 Å². The number of carbonyl (C=O) groups excluding carboxylic acids is 1. The van der Waals surface area contributed by atoms with E-state index in [-0.39, 0.29) is 36.3 Å². The Hall–Kier alpha value is -3.68. The number of hydrogen-bond donors (Lipinski definition) is 3. The van der Waals surface area contributed by atoms with Crippen molar-refractivity contribution in [3.8, 4) is 5.75 Å². The lowest BCUT2D eigenvalue weighted by atomic mass is 9.80. The Morgan fingerprint density at radius 2 is 2.00 bits per heavy atom. The number of carboxylic acids is 1. The zero-order valence-electron chi connectivity index (χ0n) is 17.9. The van der Waals surface area contributed by atoms with E-state index in [0.29, 0.717) is 17.8 Å². The maximum atomic E-state index is 12.6. The average Bonchev–Trinajstić information content (AvgIpc) is 3.05. The third kappa shape index (κ3) is 4.49. The van der Waals surface area contributed by atoms with Crippen LogP contribution in [-0.2, 0) is 22.4 Å². The van der Waals surface area contributed by atoms with Crippen LogP contribution in [0.2, 0.25) is 0 Å². The summed E-state index contributed by atoms with van der Waals surface area (Å²) in [5, 5.41) is 29.3. The Kier molecular flexibility index (Phi) is 6.20. The van der Waals surface area contributed by atoms with Gasteiger partial charge in [0.15, 0.2) is 5.71 Å². The lowest BCUT2D eigenvalue weighted by Gasteiger charge is -2.26. The number of para-hydroxylation sites is 1. The number of aliphatic carboxylic acids is 1. The van der Waals surface area contributed by atoms with Crippen LogP contribution in [0, 0.1) is 0 Å². The Labute approximate surface area is 186 Å². The van der Waals surface area contributed by atoms with Crippen LogP contribution in [0.4, 0.5) is 5.69 Å². The molecule has 1 aliphatic heterocycles. The number of nitrogens with zero attached hydrogens (tertiary/aromatic N) is 3. The van der Waals surface area contributed by atoms with E-state index in [1.54, 1.807) is 13.0 Å². The second-order valence-electron chi connectivity index (χ2n) is 8.14. The molecule has 8 nitrogen and oxygen atoms in total. The van der Waals surface area contributed by atoms with E-state index in [0.717, 1.165) is 24.8 Å². The summed E-state index contributed by atoms with van der Waals surface area (Å²) in [6, 6.07) is 13.9. The number of fused-ring (bicyclic) bond motifs is 1. The van der Waals surface area contributed by atoms with Crippen molar-refractivity contribution in [2.45, 2.75) is 44.9 Å². The molecule has 0 saturated heterocycles. The Morgan fingerprint density at radius 3 is 2.78 bits per heavy atom. The fourth-order valence-electron chi connectivity index (χ4n) is 4.27. The van der Waals surface area contributed by atoms with Gasteiger partial charge < -0.3 is 10.2 Å². The summed E-state index contributed by atoms with van der Waals surface area (Å²) in [4.78, 5) is 23.2. The number of aryl methyl sites for hydroxylation is 1. The standard InChI is InChI=1S/C24H26N4O4/c1-15-22(24(32)28(27-15)13-5-10-21(29)30)26-25-20-9-4-8-19(23(20)31)18-12-11-16-6-2-3-7-17(16)14-18/h2-4,6-9,18,25,31H,5,10-14H2,1H3,(H,29,30)/b26-22-. The van der Waals surface area contributed by atoms with Gasteiger partial charge in [-0.05, 0) is 61.3 Å². The highest BCUT2D eigenvalue weighted by atomic mass is 16.4.